The zero-order valence-corrected chi connectivity index (χ0v) is 10.1. The lowest BCUT2D eigenvalue weighted by atomic mass is 10.1. The summed E-state index contributed by atoms with van der Waals surface area (Å²) in [5.41, 5.74) is 1.36. The van der Waals surface area contributed by atoms with Crippen molar-refractivity contribution in [2.45, 2.75) is 6.54 Å². The van der Waals surface area contributed by atoms with Crippen LogP contribution >= 0.6 is 0 Å². The monoisotopic (exact) mass is 259 g/mol. The third kappa shape index (κ3) is 2.35. The van der Waals surface area contributed by atoms with Gasteiger partial charge in [0.05, 0.1) is 17.8 Å². The molecule has 7 heteroatoms. The van der Waals surface area contributed by atoms with Crippen LogP contribution < -0.4 is 15.4 Å². The Labute approximate surface area is 109 Å². The summed E-state index contributed by atoms with van der Waals surface area (Å²) in [4.78, 5) is 16.1. The van der Waals surface area contributed by atoms with Gasteiger partial charge in [0.25, 0.3) is 5.91 Å². The van der Waals surface area contributed by atoms with E-state index in [1.165, 1.54) is 6.33 Å². The minimum Gasteiger partial charge on any atom is -0.489 e. The number of amides is 1. The molecule has 1 aliphatic rings. The van der Waals surface area contributed by atoms with Gasteiger partial charge in [-0.1, -0.05) is 6.07 Å². The second-order valence-electron chi connectivity index (χ2n) is 4.07. The number of hydrogen-bond acceptors (Lipinski definition) is 5. The molecule has 3 N–H and O–H groups in total. The summed E-state index contributed by atoms with van der Waals surface area (Å²) < 4.78 is 5.55. The summed E-state index contributed by atoms with van der Waals surface area (Å²) in [7, 11) is 0. The van der Waals surface area contributed by atoms with Crippen molar-refractivity contribution in [1.82, 2.24) is 20.5 Å². The number of anilines is 1. The zero-order chi connectivity index (χ0) is 13.1. The Balaban J connectivity index is 1.76. The van der Waals surface area contributed by atoms with E-state index >= 15 is 0 Å². The fourth-order valence-corrected chi connectivity index (χ4v) is 1.92. The Bertz CT molecular complexity index is 582. The number of benzene rings is 1. The number of ether oxygens (including phenoxy) is 1. The maximum Gasteiger partial charge on any atom is 0.255 e. The van der Waals surface area contributed by atoms with Crippen LogP contribution in [0.3, 0.4) is 0 Å². The number of H-pyrrole nitrogens is 1. The lowest BCUT2D eigenvalue weighted by Crippen LogP contribution is -2.26. The van der Waals surface area contributed by atoms with E-state index in [4.69, 9.17) is 4.74 Å². The van der Waals surface area contributed by atoms with Crippen LogP contribution in [0.5, 0.6) is 5.75 Å². The first-order valence-electron chi connectivity index (χ1n) is 5.97. The minimum atomic E-state index is -0.197. The van der Waals surface area contributed by atoms with E-state index in [1.807, 2.05) is 12.1 Å². The molecule has 0 bridgehead atoms. The van der Waals surface area contributed by atoms with Crippen LogP contribution in [0.4, 0.5) is 5.69 Å². The largest absolute Gasteiger partial charge is 0.489 e. The van der Waals surface area contributed by atoms with E-state index in [1.54, 1.807) is 6.07 Å². The number of aromatic amines is 1. The van der Waals surface area contributed by atoms with Crippen molar-refractivity contribution in [3.63, 3.8) is 0 Å². The number of carbonyl (C=O) groups is 1. The molecule has 1 aliphatic heterocycles. The molecule has 0 unspecified atom stereocenters. The van der Waals surface area contributed by atoms with Gasteiger partial charge in [-0.15, -0.1) is 0 Å². The standard InChI is InChI=1S/C12H13N5O2/c18-12(14-6-10-15-7-16-17-10)8-2-1-3-9-11(8)19-5-4-13-9/h1-3,7,13H,4-6H2,(H,14,18)(H,15,16,17). The first kappa shape index (κ1) is 11.5. The highest BCUT2D eigenvalue weighted by Crippen LogP contribution is 2.30. The molecular weight excluding hydrogens is 246 g/mol. The van der Waals surface area contributed by atoms with Gasteiger partial charge in [0.1, 0.15) is 18.8 Å². The number of nitrogens with one attached hydrogen (secondary N) is 3. The second-order valence-corrected chi connectivity index (χ2v) is 4.07. The van der Waals surface area contributed by atoms with E-state index in [0.29, 0.717) is 30.3 Å². The van der Waals surface area contributed by atoms with Gasteiger partial charge in [0.2, 0.25) is 0 Å². The van der Waals surface area contributed by atoms with E-state index in [9.17, 15) is 4.79 Å². The average Bonchev–Trinajstić information content (AvgIpc) is 2.97. The van der Waals surface area contributed by atoms with E-state index < -0.39 is 0 Å². The molecule has 1 aromatic heterocycles. The first-order chi connectivity index (χ1) is 9.34. The predicted octanol–water partition coefficient (Wildman–Crippen LogP) is 0.539. The molecule has 0 fully saturated rings. The highest BCUT2D eigenvalue weighted by molar-refractivity contribution is 5.98. The molecule has 7 nitrogen and oxygen atoms in total. The third-order valence-corrected chi connectivity index (χ3v) is 2.80. The van der Waals surface area contributed by atoms with Gasteiger partial charge in [0, 0.05) is 6.54 Å². The van der Waals surface area contributed by atoms with Gasteiger partial charge in [-0.3, -0.25) is 9.89 Å². The van der Waals surface area contributed by atoms with E-state index in [0.717, 1.165) is 12.2 Å². The van der Waals surface area contributed by atoms with Gasteiger partial charge in [-0.25, -0.2) is 4.98 Å². The summed E-state index contributed by atoms with van der Waals surface area (Å²) in [6.45, 7) is 1.60. The third-order valence-electron chi connectivity index (χ3n) is 2.80. The number of hydrogen-bond donors (Lipinski definition) is 3. The van der Waals surface area contributed by atoms with Crippen molar-refractivity contribution >= 4 is 11.6 Å². The molecule has 0 saturated heterocycles. The highest BCUT2D eigenvalue weighted by atomic mass is 16.5. The first-order valence-corrected chi connectivity index (χ1v) is 5.97. The summed E-state index contributed by atoms with van der Waals surface area (Å²) in [5, 5.41) is 12.4. The molecule has 3 rings (SSSR count). The van der Waals surface area contributed by atoms with Gasteiger partial charge in [-0.2, -0.15) is 5.10 Å². The zero-order valence-electron chi connectivity index (χ0n) is 10.1. The number of para-hydroxylation sites is 1. The number of nitrogens with zero attached hydrogens (tertiary/aromatic N) is 2. The van der Waals surface area contributed by atoms with Gasteiger partial charge >= 0.3 is 0 Å². The lowest BCUT2D eigenvalue weighted by Gasteiger charge is -2.21. The van der Waals surface area contributed by atoms with Crippen LogP contribution in [0.15, 0.2) is 24.5 Å². The van der Waals surface area contributed by atoms with Crippen LogP contribution in [0, 0.1) is 0 Å². The summed E-state index contributed by atoms with van der Waals surface area (Å²) in [6.07, 6.45) is 1.40. The lowest BCUT2D eigenvalue weighted by molar-refractivity contribution is 0.0946. The molecular formula is C12H13N5O2. The molecule has 0 saturated carbocycles. The normalized spacial score (nSPS) is 13.1. The fourth-order valence-electron chi connectivity index (χ4n) is 1.92. The van der Waals surface area contributed by atoms with Crippen molar-refractivity contribution < 1.29 is 9.53 Å². The van der Waals surface area contributed by atoms with E-state index in [-0.39, 0.29) is 5.91 Å². The Morgan fingerprint density at radius 2 is 2.42 bits per heavy atom. The van der Waals surface area contributed by atoms with Crippen molar-refractivity contribution in [3.05, 3.63) is 35.9 Å². The molecule has 1 amide bonds. The topological polar surface area (TPSA) is 91.9 Å². The average molecular weight is 259 g/mol. The summed E-state index contributed by atoms with van der Waals surface area (Å²) in [6, 6.07) is 5.45. The molecule has 19 heavy (non-hydrogen) atoms. The number of carbonyl (C=O) groups excluding carboxylic acids is 1. The SMILES string of the molecule is O=C(NCc1ncn[nH]1)c1cccc2c1OCCN2. The van der Waals surface area contributed by atoms with Gasteiger partial charge < -0.3 is 15.4 Å². The van der Waals surface area contributed by atoms with Crippen LogP contribution in [0.25, 0.3) is 0 Å². The summed E-state index contributed by atoms with van der Waals surface area (Å²) in [5.74, 6) is 1.01. The van der Waals surface area contributed by atoms with Crippen molar-refractivity contribution in [1.29, 1.82) is 0 Å². The second kappa shape index (κ2) is 4.97. The van der Waals surface area contributed by atoms with Crippen LogP contribution in [0.2, 0.25) is 0 Å². The van der Waals surface area contributed by atoms with E-state index in [2.05, 4.69) is 25.8 Å². The van der Waals surface area contributed by atoms with Gasteiger partial charge in [0.15, 0.2) is 5.75 Å². The van der Waals surface area contributed by atoms with Crippen molar-refractivity contribution in [3.8, 4) is 5.75 Å². The predicted molar refractivity (Wildman–Crippen MR) is 68.0 cm³/mol. The van der Waals surface area contributed by atoms with Gasteiger partial charge in [-0.05, 0) is 12.1 Å². The highest BCUT2D eigenvalue weighted by Gasteiger charge is 2.18. The number of rotatable bonds is 3. The Kier molecular flexibility index (Phi) is 3.01. The minimum absolute atomic E-state index is 0.197. The maximum absolute atomic E-state index is 12.1. The molecule has 2 aromatic rings. The molecule has 0 radical (unpaired) electrons. The van der Waals surface area contributed by atoms with Crippen molar-refractivity contribution in [2.24, 2.45) is 0 Å². The quantitative estimate of drug-likeness (QED) is 0.748. The molecule has 98 valence electrons. The van der Waals surface area contributed by atoms with Crippen LogP contribution in [0.1, 0.15) is 16.2 Å². The molecule has 2 heterocycles. The number of aromatic nitrogens is 3. The number of fused-ring (bicyclic) bond motifs is 1. The summed E-state index contributed by atoms with van der Waals surface area (Å²) >= 11 is 0. The Morgan fingerprint density at radius 3 is 3.26 bits per heavy atom. The van der Waals surface area contributed by atoms with Crippen molar-refractivity contribution in [2.75, 3.05) is 18.5 Å². The maximum atomic E-state index is 12.1. The fraction of sp³-hybridized carbons (Fsp3) is 0.250. The smallest absolute Gasteiger partial charge is 0.255 e. The molecule has 0 spiro atoms. The van der Waals surface area contributed by atoms with Crippen LogP contribution in [-0.2, 0) is 6.54 Å². The Hall–Kier alpha value is -2.57. The molecule has 1 aromatic carbocycles. The molecule has 0 atom stereocenters. The molecule has 0 aliphatic carbocycles. The van der Waals surface area contributed by atoms with Crippen LogP contribution in [-0.4, -0.2) is 34.2 Å². The Morgan fingerprint density at radius 1 is 1.47 bits per heavy atom.